The number of nitrogens with zero attached hydrogens (tertiary/aromatic N) is 1. The summed E-state index contributed by atoms with van der Waals surface area (Å²) in [7, 11) is 0. The number of nitriles is 1. The Hall–Kier alpha value is -0.200. The molecule has 0 aromatic rings. The molecule has 0 radical (unpaired) electrons. The molecule has 0 saturated carbocycles. The van der Waals surface area contributed by atoms with Gasteiger partial charge in [0.1, 0.15) is 0 Å². The molecule has 1 aliphatic rings. The third-order valence-corrected chi connectivity index (χ3v) is 3.21. The van der Waals surface area contributed by atoms with Gasteiger partial charge in [-0.1, -0.05) is 0 Å². The van der Waals surface area contributed by atoms with E-state index >= 15 is 0 Å². The normalized spacial score (nSPS) is 23.4. The van der Waals surface area contributed by atoms with Crippen molar-refractivity contribution in [3.05, 3.63) is 0 Å². The molecule has 1 unspecified atom stereocenters. The van der Waals surface area contributed by atoms with Crippen LogP contribution in [-0.2, 0) is 0 Å². The highest BCUT2D eigenvalue weighted by molar-refractivity contribution is 8.00. The molecule has 2 nitrogen and oxygen atoms in total. The van der Waals surface area contributed by atoms with E-state index in [1.165, 1.54) is 18.6 Å². The SMILES string of the molecule is N#CCCNCC1CCCS1. The summed E-state index contributed by atoms with van der Waals surface area (Å²) in [4.78, 5) is 0. The average Bonchev–Trinajstić information content (AvgIpc) is 2.50. The van der Waals surface area contributed by atoms with Crippen molar-refractivity contribution in [1.82, 2.24) is 5.32 Å². The lowest BCUT2D eigenvalue weighted by atomic mass is 10.2. The molecular formula is C8H14N2S. The van der Waals surface area contributed by atoms with E-state index in [9.17, 15) is 0 Å². The Labute approximate surface area is 72.4 Å². The molecule has 1 saturated heterocycles. The Bertz CT molecular complexity index is 136. The van der Waals surface area contributed by atoms with Gasteiger partial charge in [0.25, 0.3) is 0 Å². The molecule has 0 aromatic carbocycles. The fraction of sp³-hybridized carbons (Fsp3) is 0.875. The molecule has 1 fully saturated rings. The van der Waals surface area contributed by atoms with E-state index in [2.05, 4.69) is 23.1 Å². The van der Waals surface area contributed by atoms with E-state index in [0.29, 0.717) is 6.42 Å². The Morgan fingerprint density at radius 2 is 2.55 bits per heavy atom. The lowest BCUT2D eigenvalue weighted by Gasteiger charge is -2.07. The summed E-state index contributed by atoms with van der Waals surface area (Å²) in [6.07, 6.45) is 3.36. The summed E-state index contributed by atoms with van der Waals surface area (Å²) in [5.41, 5.74) is 0. The Morgan fingerprint density at radius 1 is 1.64 bits per heavy atom. The van der Waals surface area contributed by atoms with E-state index in [4.69, 9.17) is 5.26 Å². The largest absolute Gasteiger partial charge is 0.315 e. The van der Waals surface area contributed by atoms with Crippen molar-refractivity contribution < 1.29 is 0 Å². The molecule has 0 aliphatic carbocycles. The van der Waals surface area contributed by atoms with Crippen LogP contribution in [0.5, 0.6) is 0 Å². The van der Waals surface area contributed by atoms with E-state index in [1.54, 1.807) is 0 Å². The standard InChI is InChI=1S/C8H14N2S/c9-4-2-5-10-7-8-3-1-6-11-8/h8,10H,1-3,5-7H2. The van der Waals surface area contributed by atoms with Crippen LogP contribution in [0.4, 0.5) is 0 Å². The molecule has 0 spiro atoms. The highest BCUT2D eigenvalue weighted by Crippen LogP contribution is 2.24. The molecule has 1 N–H and O–H groups in total. The fourth-order valence-corrected chi connectivity index (χ4v) is 2.45. The quantitative estimate of drug-likeness (QED) is 0.648. The maximum absolute atomic E-state index is 8.26. The second-order valence-electron chi connectivity index (χ2n) is 2.75. The topological polar surface area (TPSA) is 35.8 Å². The predicted octanol–water partition coefficient (Wildman–Crippen LogP) is 1.39. The summed E-state index contributed by atoms with van der Waals surface area (Å²) in [6, 6.07) is 2.12. The third-order valence-electron chi connectivity index (χ3n) is 1.81. The van der Waals surface area contributed by atoms with Crippen molar-refractivity contribution in [2.24, 2.45) is 0 Å². The van der Waals surface area contributed by atoms with Crippen LogP contribution >= 0.6 is 11.8 Å². The second kappa shape index (κ2) is 5.45. The molecule has 0 amide bonds. The van der Waals surface area contributed by atoms with Crippen LogP contribution in [0.1, 0.15) is 19.3 Å². The third kappa shape index (κ3) is 3.64. The van der Waals surface area contributed by atoms with Crippen LogP contribution in [0.2, 0.25) is 0 Å². The number of thioether (sulfide) groups is 1. The van der Waals surface area contributed by atoms with Gasteiger partial charge in [0.15, 0.2) is 0 Å². The zero-order chi connectivity index (χ0) is 7.94. The number of rotatable bonds is 4. The molecule has 1 heterocycles. The van der Waals surface area contributed by atoms with Gasteiger partial charge in [-0.3, -0.25) is 0 Å². The van der Waals surface area contributed by atoms with E-state index in [1.807, 2.05) is 0 Å². The van der Waals surface area contributed by atoms with Crippen LogP contribution in [-0.4, -0.2) is 24.1 Å². The van der Waals surface area contributed by atoms with Gasteiger partial charge < -0.3 is 5.32 Å². The summed E-state index contributed by atoms with van der Waals surface area (Å²) >= 11 is 2.05. The van der Waals surface area contributed by atoms with Crippen LogP contribution in [0.25, 0.3) is 0 Å². The molecule has 0 aromatic heterocycles. The van der Waals surface area contributed by atoms with E-state index in [0.717, 1.165) is 18.3 Å². The van der Waals surface area contributed by atoms with Gasteiger partial charge in [-0.15, -0.1) is 0 Å². The zero-order valence-corrected chi connectivity index (χ0v) is 7.49. The lowest BCUT2D eigenvalue weighted by Crippen LogP contribution is -2.23. The van der Waals surface area contributed by atoms with E-state index in [-0.39, 0.29) is 0 Å². The van der Waals surface area contributed by atoms with Gasteiger partial charge in [-0.2, -0.15) is 17.0 Å². The first-order valence-electron chi connectivity index (χ1n) is 4.13. The van der Waals surface area contributed by atoms with E-state index < -0.39 is 0 Å². The van der Waals surface area contributed by atoms with Gasteiger partial charge >= 0.3 is 0 Å². The monoisotopic (exact) mass is 170 g/mol. The summed E-state index contributed by atoms with van der Waals surface area (Å²) in [5, 5.41) is 12.4. The number of hydrogen-bond donors (Lipinski definition) is 1. The van der Waals surface area contributed by atoms with Gasteiger partial charge in [-0.25, -0.2) is 0 Å². The van der Waals surface area contributed by atoms with Gasteiger partial charge in [-0.05, 0) is 18.6 Å². The van der Waals surface area contributed by atoms with Crippen LogP contribution < -0.4 is 5.32 Å². The Kier molecular flexibility index (Phi) is 4.41. The van der Waals surface area contributed by atoms with Crippen LogP contribution in [0.3, 0.4) is 0 Å². The van der Waals surface area contributed by atoms with Gasteiger partial charge in [0.05, 0.1) is 6.07 Å². The number of nitrogens with one attached hydrogen (secondary N) is 1. The van der Waals surface area contributed by atoms with Crippen LogP contribution in [0.15, 0.2) is 0 Å². The first-order valence-corrected chi connectivity index (χ1v) is 5.17. The highest BCUT2D eigenvalue weighted by atomic mass is 32.2. The first-order chi connectivity index (χ1) is 5.43. The molecule has 3 heteroatoms. The van der Waals surface area contributed by atoms with Crippen molar-refractivity contribution in [2.75, 3.05) is 18.8 Å². The van der Waals surface area contributed by atoms with Gasteiger partial charge in [0, 0.05) is 24.8 Å². The molecule has 11 heavy (non-hydrogen) atoms. The smallest absolute Gasteiger partial charge is 0.0635 e. The van der Waals surface area contributed by atoms with Gasteiger partial charge in [0.2, 0.25) is 0 Å². The lowest BCUT2D eigenvalue weighted by molar-refractivity contribution is 0.651. The highest BCUT2D eigenvalue weighted by Gasteiger charge is 2.13. The Balaban J connectivity index is 1.90. The van der Waals surface area contributed by atoms with Crippen LogP contribution in [0, 0.1) is 11.3 Å². The minimum absolute atomic E-state index is 0.636. The number of hydrogen-bond acceptors (Lipinski definition) is 3. The molecule has 1 rings (SSSR count). The average molecular weight is 170 g/mol. The van der Waals surface area contributed by atoms with Crippen molar-refractivity contribution in [3.8, 4) is 6.07 Å². The maximum Gasteiger partial charge on any atom is 0.0635 e. The zero-order valence-electron chi connectivity index (χ0n) is 6.68. The second-order valence-corrected chi connectivity index (χ2v) is 4.16. The van der Waals surface area contributed by atoms with Crippen molar-refractivity contribution in [3.63, 3.8) is 0 Å². The Morgan fingerprint density at radius 3 is 3.18 bits per heavy atom. The maximum atomic E-state index is 8.26. The van der Waals surface area contributed by atoms with Crippen molar-refractivity contribution in [2.45, 2.75) is 24.5 Å². The minimum Gasteiger partial charge on any atom is -0.315 e. The molecular weight excluding hydrogens is 156 g/mol. The molecule has 1 aliphatic heterocycles. The summed E-state index contributed by atoms with van der Waals surface area (Å²) in [6.45, 7) is 1.94. The summed E-state index contributed by atoms with van der Waals surface area (Å²) in [5.74, 6) is 1.32. The fourth-order valence-electron chi connectivity index (χ4n) is 1.21. The summed E-state index contributed by atoms with van der Waals surface area (Å²) < 4.78 is 0. The first kappa shape index (κ1) is 8.89. The minimum atomic E-state index is 0.636. The molecule has 62 valence electrons. The van der Waals surface area contributed by atoms with Crippen molar-refractivity contribution in [1.29, 1.82) is 5.26 Å². The molecule has 1 atom stereocenters. The predicted molar refractivity (Wildman–Crippen MR) is 48.6 cm³/mol. The molecule has 0 bridgehead atoms. The van der Waals surface area contributed by atoms with Crippen molar-refractivity contribution >= 4 is 11.8 Å².